The van der Waals surface area contributed by atoms with Gasteiger partial charge in [0, 0.05) is 5.41 Å². The highest BCUT2D eigenvalue weighted by Gasteiger charge is 2.02. The third-order valence-electron chi connectivity index (χ3n) is 0.675. The molecular formula is C8H15N. The van der Waals surface area contributed by atoms with Crippen molar-refractivity contribution in [2.24, 2.45) is 11.1 Å². The molecule has 0 aromatic heterocycles. The Morgan fingerprint density at radius 2 is 1.78 bits per heavy atom. The van der Waals surface area contributed by atoms with E-state index in [-0.39, 0.29) is 11.5 Å². The number of nitrogens with two attached hydrogens (primary N) is 1. The molecular weight excluding hydrogens is 110 g/mol. The van der Waals surface area contributed by atoms with Crippen molar-refractivity contribution in [2.45, 2.75) is 33.7 Å². The monoisotopic (exact) mass is 125 g/mol. The summed E-state index contributed by atoms with van der Waals surface area (Å²) >= 11 is 0. The molecule has 0 saturated carbocycles. The third kappa shape index (κ3) is 7.52. The summed E-state index contributed by atoms with van der Waals surface area (Å²) in [5.74, 6) is 5.96. The van der Waals surface area contributed by atoms with Gasteiger partial charge in [-0.3, -0.25) is 0 Å². The maximum absolute atomic E-state index is 5.43. The van der Waals surface area contributed by atoms with Gasteiger partial charge >= 0.3 is 0 Å². The van der Waals surface area contributed by atoms with Crippen LogP contribution in [0.5, 0.6) is 0 Å². The van der Waals surface area contributed by atoms with Crippen LogP contribution in [0.1, 0.15) is 27.7 Å². The fraction of sp³-hybridized carbons (Fsp3) is 0.750. The van der Waals surface area contributed by atoms with Crippen molar-refractivity contribution >= 4 is 0 Å². The van der Waals surface area contributed by atoms with Crippen LogP contribution in [0, 0.1) is 17.3 Å². The minimum atomic E-state index is 0.00391. The molecule has 1 atom stereocenters. The van der Waals surface area contributed by atoms with Gasteiger partial charge in [-0.1, -0.05) is 11.8 Å². The summed E-state index contributed by atoms with van der Waals surface area (Å²) in [7, 11) is 0. The highest BCUT2D eigenvalue weighted by Crippen LogP contribution is 2.09. The molecule has 0 bridgehead atoms. The van der Waals surface area contributed by atoms with Gasteiger partial charge in [0.1, 0.15) is 0 Å². The predicted octanol–water partition coefficient (Wildman–Crippen LogP) is 1.38. The average molecular weight is 125 g/mol. The smallest absolute Gasteiger partial charge is 0.0636 e. The topological polar surface area (TPSA) is 26.0 Å². The quantitative estimate of drug-likeness (QED) is 0.486. The molecule has 52 valence electrons. The fourth-order valence-corrected chi connectivity index (χ4v) is 0.330. The van der Waals surface area contributed by atoms with Crippen LogP contribution in [0.2, 0.25) is 0 Å². The second-order valence-electron chi connectivity index (χ2n) is 3.31. The molecule has 0 aromatic carbocycles. The van der Waals surface area contributed by atoms with E-state index in [0.29, 0.717) is 0 Å². The second-order valence-corrected chi connectivity index (χ2v) is 3.31. The SMILES string of the molecule is CC(N)C#CC(C)(C)C. The lowest BCUT2D eigenvalue weighted by Crippen LogP contribution is -2.12. The first-order valence-corrected chi connectivity index (χ1v) is 3.20. The van der Waals surface area contributed by atoms with E-state index in [1.54, 1.807) is 0 Å². The Labute approximate surface area is 57.6 Å². The van der Waals surface area contributed by atoms with E-state index in [0.717, 1.165) is 0 Å². The van der Waals surface area contributed by atoms with Crippen LogP contribution in [0.25, 0.3) is 0 Å². The molecule has 0 saturated heterocycles. The number of hydrogen-bond acceptors (Lipinski definition) is 1. The van der Waals surface area contributed by atoms with E-state index < -0.39 is 0 Å². The molecule has 2 N–H and O–H groups in total. The predicted molar refractivity (Wildman–Crippen MR) is 40.9 cm³/mol. The van der Waals surface area contributed by atoms with Crippen molar-refractivity contribution < 1.29 is 0 Å². The molecule has 0 heterocycles. The highest BCUT2D eigenvalue weighted by molar-refractivity contribution is 5.11. The molecule has 0 spiro atoms. The molecule has 0 radical (unpaired) electrons. The van der Waals surface area contributed by atoms with Crippen LogP contribution >= 0.6 is 0 Å². The molecule has 0 fully saturated rings. The number of hydrogen-bond donors (Lipinski definition) is 1. The van der Waals surface area contributed by atoms with Crippen molar-refractivity contribution in [3.63, 3.8) is 0 Å². The van der Waals surface area contributed by atoms with Crippen LogP contribution in [-0.4, -0.2) is 6.04 Å². The van der Waals surface area contributed by atoms with Gasteiger partial charge in [0.25, 0.3) is 0 Å². The summed E-state index contributed by atoms with van der Waals surface area (Å²) in [6.45, 7) is 8.10. The largest absolute Gasteiger partial charge is 0.318 e. The van der Waals surface area contributed by atoms with Gasteiger partial charge in [0.15, 0.2) is 0 Å². The summed E-state index contributed by atoms with van der Waals surface area (Å²) in [5.41, 5.74) is 5.52. The molecule has 1 nitrogen and oxygen atoms in total. The molecule has 1 heteroatoms. The van der Waals surface area contributed by atoms with Crippen LogP contribution < -0.4 is 5.73 Å². The molecule has 1 unspecified atom stereocenters. The Bertz CT molecular complexity index is 129. The Hall–Kier alpha value is -0.480. The molecule has 0 aliphatic rings. The molecule has 0 aliphatic heterocycles. The Morgan fingerprint density at radius 1 is 1.33 bits per heavy atom. The van der Waals surface area contributed by atoms with Crippen molar-refractivity contribution in [2.75, 3.05) is 0 Å². The standard InChI is InChI=1S/C8H15N/c1-7(9)5-6-8(2,3)4/h7H,9H2,1-4H3. The second kappa shape index (κ2) is 2.89. The Morgan fingerprint density at radius 3 is 1.89 bits per heavy atom. The maximum atomic E-state index is 5.43. The molecule has 0 aromatic rings. The van der Waals surface area contributed by atoms with Crippen LogP contribution in [0.3, 0.4) is 0 Å². The molecule has 0 amide bonds. The van der Waals surface area contributed by atoms with Gasteiger partial charge in [0.05, 0.1) is 6.04 Å². The summed E-state index contributed by atoms with van der Waals surface area (Å²) in [4.78, 5) is 0. The first-order chi connectivity index (χ1) is 3.92. The summed E-state index contributed by atoms with van der Waals surface area (Å²) in [5, 5.41) is 0. The lowest BCUT2D eigenvalue weighted by Gasteiger charge is -2.07. The third-order valence-corrected chi connectivity index (χ3v) is 0.675. The summed E-state index contributed by atoms with van der Waals surface area (Å²) in [6, 6.07) is 0.00391. The van der Waals surface area contributed by atoms with Gasteiger partial charge in [0.2, 0.25) is 0 Å². The van der Waals surface area contributed by atoms with Crippen molar-refractivity contribution in [1.82, 2.24) is 0 Å². The van der Waals surface area contributed by atoms with E-state index in [9.17, 15) is 0 Å². The van der Waals surface area contributed by atoms with Crippen LogP contribution in [0.15, 0.2) is 0 Å². The van der Waals surface area contributed by atoms with E-state index in [4.69, 9.17) is 5.73 Å². The van der Waals surface area contributed by atoms with Crippen molar-refractivity contribution in [1.29, 1.82) is 0 Å². The lowest BCUT2D eigenvalue weighted by atomic mass is 9.98. The Balaban J connectivity index is 3.88. The average Bonchev–Trinajstić information content (AvgIpc) is 1.59. The van der Waals surface area contributed by atoms with Gasteiger partial charge in [-0.05, 0) is 27.7 Å². The van der Waals surface area contributed by atoms with Gasteiger partial charge in [-0.25, -0.2) is 0 Å². The maximum Gasteiger partial charge on any atom is 0.0636 e. The number of rotatable bonds is 0. The van der Waals surface area contributed by atoms with E-state index in [1.807, 2.05) is 6.92 Å². The zero-order chi connectivity index (χ0) is 7.49. The van der Waals surface area contributed by atoms with Gasteiger partial charge in [-0.2, -0.15) is 0 Å². The first kappa shape index (κ1) is 8.52. The van der Waals surface area contributed by atoms with Crippen molar-refractivity contribution in [3.8, 4) is 11.8 Å². The Kier molecular flexibility index (Phi) is 2.73. The van der Waals surface area contributed by atoms with Crippen LogP contribution in [0.4, 0.5) is 0 Å². The molecule has 9 heavy (non-hydrogen) atoms. The summed E-state index contributed by atoms with van der Waals surface area (Å²) < 4.78 is 0. The minimum Gasteiger partial charge on any atom is -0.318 e. The molecule has 0 aliphatic carbocycles. The van der Waals surface area contributed by atoms with E-state index in [1.165, 1.54) is 0 Å². The lowest BCUT2D eigenvalue weighted by molar-refractivity contribution is 0.569. The normalized spacial score (nSPS) is 13.9. The van der Waals surface area contributed by atoms with E-state index >= 15 is 0 Å². The molecule has 0 rings (SSSR count). The zero-order valence-corrected chi connectivity index (χ0v) is 6.65. The highest BCUT2D eigenvalue weighted by atomic mass is 14.6. The fourth-order valence-electron chi connectivity index (χ4n) is 0.330. The summed E-state index contributed by atoms with van der Waals surface area (Å²) in [6.07, 6.45) is 0. The van der Waals surface area contributed by atoms with E-state index in [2.05, 4.69) is 32.6 Å². The van der Waals surface area contributed by atoms with Crippen LogP contribution in [-0.2, 0) is 0 Å². The van der Waals surface area contributed by atoms with Gasteiger partial charge < -0.3 is 5.73 Å². The first-order valence-electron chi connectivity index (χ1n) is 3.20. The zero-order valence-electron chi connectivity index (χ0n) is 6.65. The minimum absolute atomic E-state index is 0.00391. The van der Waals surface area contributed by atoms with Crippen molar-refractivity contribution in [3.05, 3.63) is 0 Å². The van der Waals surface area contributed by atoms with Gasteiger partial charge in [-0.15, -0.1) is 0 Å².